The van der Waals surface area contributed by atoms with Crippen molar-refractivity contribution in [3.05, 3.63) is 11.6 Å². The maximum atomic E-state index is 12.9. The Balaban J connectivity index is 1.27. The maximum absolute atomic E-state index is 12.9. The number of allylic oxidation sites excluding steroid dienone is 1. The highest BCUT2D eigenvalue weighted by molar-refractivity contribution is 5.78. The van der Waals surface area contributed by atoms with Gasteiger partial charge in [-0.2, -0.15) is 0 Å². The van der Waals surface area contributed by atoms with Crippen LogP contribution in [0.1, 0.15) is 98.3 Å². The Labute approximate surface area is 212 Å². The quantitative estimate of drug-likeness (QED) is 0.346. The molecule has 35 heavy (non-hydrogen) atoms. The second-order valence-corrected chi connectivity index (χ2v) is 12.9. The predicted molar refractivity (Wildman–Crippen MR) is 137 cm³/mol. The molecular weight excluding hydrogens is 438 g/mol. The van der Waals surface area contributed by atoms with Crippen LogP contribution in [0, 0.1) is 34.5 Å². The fourth-order valence-electron chi connectivity index (χ4n) is 9.58. The van der Waals surface area contributed by atoms with Crippen molar-refractivity contribution < 1.29 is 19.1 Å². The molecule has 0 aromatic carbocycles. The Morgan fingerprint density at radius 1 is 1.14 bits per heavy atom. The third-order valence-corrected chi connectivity index (χ3v) is 11.3. The summed E-state index contributed by atoms with van der Waals surface area (Å²) < 4.78 is 11.3. The molecule has 0 bridgehead atoms. The molecule has 3 saturated carbocycles. The molecule has 9 unspecified atom stereocenters. The highest BCUT2D eigenvalue weighted by Gasteiger charge is 2.64. The van der Waals surface area contributed by atoms with E-state index >= 15 is 0 Å². The zero-order valence-corrected chi connectivity index (χ0v) is 22.7. The lowest BCUT2D eigenvalue weighted by molar-refractivity contribution is -0.172. The molecule has 0 amide bonds. The first-order valence-electron chi connectivity index (χ1n) is 14.5. The van der Waals surface area contributed by atoms with Crippen molar-refractivity contribution >= 4 is 11.9 Å². The fourth-order valence-corrected chi connectivity index (χ4v) is 9.58. The van der Waals surface area contributed by atoms with Crippen molar-refractivity contribution in [1.29, 1.82) is 0 Å². The number of unbranched alkanes of at least 4 members (excludes halogenated alkanes) is 1. The number of esters is 2. The average Bonchev–Trinajstić information content (AvgIpc) is 3.30. The Morgan fingerprint density at radius 2 is 1.91 bits per heavy atom. The van der Waals surface area contributed by atoms with E-state index in [-0.39, 0.29) is 17.5 Å². The summed E-state index contributed by atoms with van der Waals surface area (Å²) in [7, 11) is 2.35. The van der Waals surface area contributed by atoms with Crippen LogP contribution in [0.25, 0.3) is 0 Å². The van der Waals surface area contributed by atoms with Gasteiger partial charge in [0.15, 0.2) is 6.10 Å². The molecule has 1 saturated heterocycles. The van der Waals surface area contributed by atoms with Crippen LogP contribution in [0.15, 0.2) is 11.6 Å². The van der Waals surface area contributed by atoms with Crippen molar-refractivity contribution in [2.75, 3.05) is 13.6 Å². The van der Waals surface area contributed by atoms with E-state index in [4.69, 9.17) is 9.47 Å². The smallest absolute Gasteiger partial charge is 0.347 e. The molecule has 5 nitrogen and oxygen atoms in total. The molecule has 1 spiro atoms. The van der Waals surface area contributed by atoms with E-state index in [9.17, 15) is 9.59 Å². The lowest BCUT2D eigenvalue weighted by Crippen LogP contribution is -2.52. The number of hydrogen-bond donors (Lipinski definition) is 0. The Morgan fingerprint density at radius 3 is 2.66 bits per heavy atom. The molecule has 196 valence electrons. The van der Waals surface area contributed by atoms with Crippen LogP contribution in [-0.2, 0) is 19.1 Å². The molecule has 4 aliphatic carbocycles. The SMILES string of the molecule is CCCCC(OC(C)=O)C(=O)OC1CCC2(C)C(=CCC3C2CCC24CN(C)C(C)C2CCC34)C1. The van der Waals surface area contributed by atoms with E-state index in [0.717, 1.165) is 61.8 Å². The van der Waals surface area contributed by atoms with Crippen molar-refractivity contribution in [3.63, 3.8) is 0 Å². The highest BCUT2D eigenvalue weighted by Crippen LogP contribution is 2.68. The number of rotatable bonds is 6. The van der Waals surface area contributed by atoms with Gasteiger partial charge in [0, 0.05) is 25.9 Å². The van der Waals surface area contributed by atoms with Gasteiger partial charge in [0.2, 0.25) is 0 Å². The third kappa shape index (κ3) is 4.18. The van der Waals surface area contributed by atoms with Gasteiger partial charge in [0.1, 0.15) is 6.10 Å². The average molecular weight is 486 g/mol. The van der Waals surface area contributed by atoms with Crippen LogP contribution in [-0.4, -0.2) is 48.7 Å². The molecule has 4 fully saturated rings. The number of hydrogen-bond acceptors (Lipinski definition) is 5. The van der Waals surface area contributed by atoms with Gasteiger partial charge in [0.25, 0.3) is 0 Å². The molecule has 5 rings (SSSR count). The van der Waals surface area contributed by atoms with E-state index in [1.807, 2.05) is 0 Å². The fraction of sp³-hybridized carbons (Fsp3) is 0.867. The topological polar surface area (TPSA) is 55.8 Å². The van der Waals surface area contributed by atoms with Gasteiger partial charge < -0.3 is 14.4 Å². The summed E-state index contributed by atoms with van der Waals surface area (Å²) in [5.74, 6) is 2.60. The summed E-state index contributed by atoms with van der Waals surface area (Å²) in [6.45, 7) is 9.73. The number of carbonyl (C=O) groups is 2. The summed E-state index contributed by atoms with van der Waals surface area (Å²) in [4.78, 5) is 27.0. The van der Waals surface area contributed by atoms with Crippen molar-refractivity contribution in [2.24, 2.45) is 34.5 Å². The maximum Gasteiger partial charge on any atom is 0.347 e. The minimum Gasteiger partial charge on any atom is -0.459 e. The second-order valence-electron chi connectivity index (χ2n) is 12.9. The lowest BCUT2D eigenvalue weighted by Gasteiger charge is -2.58. The van der Waals surface area contributed by atoms with Crippen LogP contribution < -0.4 is 0 Å². The zero-order chi connectivity index (χ0) is 25.0. The van der Waals surface area contributed by atoms with Gasteiger partial charge in [-0.15, -0.1) is 0 Å². The molecule has 0 radical (unpaired) electrons. The third-order valence-electron chi connectivity index (χ3n) is 11.3. The van der Waals surface area contributed by atoms with Crippen LogP contribution in [0.4, 0.5) is 0 Å². The van der Waals surface area contributed by atoms with Gasteiger partial charge in [-0.3, -0.25) is 4.79 Å². The van der Waals surface area contributed by atoms with Crippen LogP contribution in [0.3, 0.4) is 0 Å². The van der Waals surface area contributed by atoms with Crippen molar-refractivity contribution in [3.8, 4) is 0 Å². The standard InChI is InChI=1S/C30H47NO4/c1-6-7-8-27(34-20(3)32)28(33)35-22-13-15-29(4)21(17-22)9-10-23-25(29)14-16-30-18-31(5)19(2)24(30)11-12-26(23)30/h9,19,22-27H,6-8,10-18H2,1-5H3. The minimum absolute atomic E-state index is 0.0896. The van der Waals surface area contributed by atoms with E-state index < -0.39 is 12.1 Å². The summed E-state index contributed by atoms with van der Waals surface area (Å²) in [5, 5.41) is 0. The van der Waals surface area contributed by atoms with E-state index in [2.05, 4.69) is 38.8 Å². The van der Waals surface area contributed by atoms with Gasteiger partial charge in [0.05, 0.1) is 0 Å². The van der Waals surface area contributed by atoms with Gasteiger partial charge in [-0.25, -0.2) is 4.79 Å². The Bertz CT molecular complexity index is 868. The Kier molecular flexibility index (Phi) is 6.87. The minimum atomic E-state index is -0.762. The number of ether oxygens (including phenoxy) is 2. The summed E-state index contributed by atoms with van der Waals surface area (Å²) in [5.41, 5.74) is 2.34. The first-order valence-corrected chi connectivity index (χ1v) is 14.5. The molecule has 0 N–H and O–H groups in total. The van der Waals surface area contributed by atoms with Gasteiger partial charge >= 0.3 is 11.9 Å². The Hall–Kier alpha value is -1.36. The monoisotopic (exact) mass is 485 g/mol. The van der Waals surface area contributed by atoms with E-state index in [0.29, 0.717) is 11.8 Å². The molecular formula is C30H47NO4. The summed E-state index contributed by atoms with van der Waals surface area (Å²) in [6.07, 6.45) is 13.8. The van der Waals surface area contributed by atoms with Crippen LogP contribution >= 0.6 is 0 Å². The number of likely N-dealkylation sites (tertiary alicyclic amines) is 1. The number of fused-ring (bicyclic) bond motifs is 4. The summed E-state index contributed by atoms with van der Waals surface area (Å²) in [6, 6.07) is 0.736. The molecule has 5 aliphatic rings. The predicted octanol–water partition coefficient (Wildman–Crippen LogP) is 5.91. The van der Waals surface area contributed by atoms with E-state index in [1.54, 1.807) is 0 Å². The first-order chi connectivity index (χ1) is 16.7. The zero-order valence-electron chi connectivity index (χ0n) is 22.7. The number of nitrogens with zero attached hydrogens (tertiary/aromatic N) is 1. The molecule has 0 aromatic rings. The molecule has 1 aliphatic heterocycles. The molecule has 0 aromatic heterocycles. The van der Waals surface area contributed by atoms with Crippen molar-refractivity contribution in [2.45, 2.75) is 117 Å². The normalized spacial score (nSPS) is 43.3. The largest absolute Gasteiger partial charge is 0.459 e. The molecule has 5 heteroatoms. The van der Waals surface area contributed by atoms with Gasteiger partial charge in [-0.1, -0.05) is 31.9 Å². The van der Waals surface area contributed by atoms with Crippen LogP contribution in [0.2, 0.25) is 0 Å². The van der Waals surface area contributed by atoms with E-state index in [1.165, 1.54) is 51.1 Å². The van der Waals surface area contributed by atoms with Crippen molar-refractivity contribution in [1.82, 2.24) is 4.90 Å². The van der Waals surface area contributed by atoms with Crippen LogP contribution in [0.5, 0.6) is 0 Å². The second kappa shape index (κ2) is 9.50. The molecule has 1 heterocycles. The highest BCUT2D eigenvalue weighted by atomic mass is 16.6. The first kappa shape index (κ1) is 25.3. The molecule has 9 atom stereocenters. The van der Waals surface area contributed by atoms with Gasteiger partial charge in [-0.05, 0) is 106 Å². The summed E-state index contributed by atoms with van der Waals surface area (Å²) >= 11 is 0. The lowest BCUT2D eigenvalue weighted by atomic mass is 9.47. The number of carbonyl (C=O) groups excluding carboxylic acids is 2.